The first-order valence-electron chi connectivity index (χ1n) is 20.8. The minimum absolute atomic E-state index is 0.0183. The van der Waals surface area contributed by atoms with Gasteiger partial charge in [0.25, 0.3) is 0 Å². The Hall–Kier alpha value is -6.64. The first-order valence-corrected chi connectivity index (χ1v) is 20.8. The lowest BCUT2D eigenvalue weighted by Gasteiger charge is -2.35. The van der Waals surface area contributed by atoms with Crippen molar-refractivity contribution in [3.8, 4) is 22.3 Å². The Balaban J connectivity index is 1.36. The van der Waals surface area contributed by atoms with Gasteiger partial charge in [-0.2, -0.15) is 0 Å². The SMILES string of the molecule is CC(C)(C)c1ccc(N(c2ccc(C(C)(C)C)cc2)c2cc3c(c4c2oc2cc(-c5ccccc5)ccc24)-c2ccccc2C3(c2ccccc2)c2ccccc2)cc1. The molecule has 0 fully saturated rings. The normalized spacial score (nSPS) is 13.4. The molecule has 0 saturated carbocycles. The molecule has 1 heterocycles. The van der Waals surface area contributed by atoms with Crippen LogP contribution in [0.2, 0.25) is 0 Å². The summed E-state index contributed by atoms with van der Waals surface area (Å²) in [6.45, 7) is 13.7. The minimum atomic E-state index is -0.594. The fourth-order valence-corrected chi connectivity index (χ4v) is 9.47. The lowest BCUT2D eigenvalue weighted by Crippen LogP contribution is -2.28. The summed E-state index contributed by atoms with van der Waals surface area (Å²) >= 11 is 0. The van der Waals surface area contributed by atoms with Crippen molar-refractivity contribution in [1.82, 2.24) is 0 Å². The molecule has 1 aliphatic carbocycles. The Morgan fingerprint density at radius 1 is 0.458 bits per heavy atom. The summed E-state index contributed by atoms with van der Waals surface area (Å²) in [5, 5.41) is 2.24. The first kappa shape index (κ1) is 36.7. The molecule has 0 amide bonds. The number of anilines is 3. The molecular weight excluding hydrogens is 715 g/mol. The minimum Gasteiger partial charge on any atom is -0.454 e. The molecular formula is C57H49NO. The van der Waals surface area contributed by atoms with Crippen molar-refractivity contribution in [3.05, 3.63) is 221 Å². The Kier molecular flexibility index (Phi) is 8.54. The van der Waals surface area contributed by atoms with Crippen molar-refractivity contribution in [2.75, 3.05) is 4.90 Å². The standard InChI is InChI=1S/C57H49NO/c1-55(2,3)40-27-31-44(32-28-40)58(45-33-29-41(30-34-45)56(4,5)6)50-37-49-52(53-47-35-26-39(36-51(47)59-54(50)53)38-18-10-7-11-19-38)46-24-16-17-25-48(46)57(49,42-20-12-8-13-21-42)43-22-14-9-15-23-43/h7-37H,1-6H3. The number of rotatable bonds is 6. The van der Waals surface area contributed by atoms with E-state index in [-0.39, 0.29) is 10.8 Å². The van der Waals surface area contributed by atoms with Crippen LogP contribution in [0.5, 0.6) is 0 Å². The van der Waals surface area contributed by atoms with Crippen LogP contribution in [0.4, 0.5) is 17.1 Å². The van der Waals surface area contributed by atoms with E-state index in [1.165, 1.54) is 44.5 Å². The number of benzene rings is 8. The van der Waals surface area contributed by atoms with Crippen LogP contribution in [0.25, 0.3) is 44.2 Å². The highest BCUT2D eigenvalue weighted by atomic mass is 16.3. The van der Waals surface area contributed by atoms with Crippen LogP contribution in [0.1, 0.15) is 74.9 Å². The predicted molar refractivity (Wildman–Crippen MR) is 249 cm³/mol. The van der Waals surface area contributed by atoms with Gasteiger partial charge < -0.3 is 9.32 Å². The highest BCUT2D eigenvalue weighted by molar-refractivity contribution is 6.20. The van der Waals surface area contributed by atoms with E-state index < -0.39 is 5.41 Å². The maximum Gasteiger partial charge on any atom is 0.160 e. The Bertz CT molecular complexity index is 2870. The molecule has 9 aromatic rings. The van der Waals surface area contributed by atoms with Gasteiger partial charge in [0.15, 0.2) is 5.58 Å². The van der Waals surface area contributed by atoms with Crippen LogP contribution in [-0.2, 0) is 16.2 Å². The first-order chi connectivity index (χ1) is 28.5. The third-order valence-corrected chi connectivity index (χ3v) is 12.5. The zero-order valence-corrected chi connectivity index (χ0v) is 34.8. The summed E-state index contributed by atoms with van der Waals surface area (Å²) in [5.74, 6) is 0. The molecule has 10 rings (SSSR count). The number of nitrogens with zero attached hydrogens (tertiary/aromatic N) is 1. The molecule has 8 aromatic carbocycles. The van der Waals surface area contributed by atoms with Gasteiger partial charge in [0.05, 0.1) is 11.1 Å². The van der Waals surface area contributed by atoms with Crippen LogP contribution >= 0.6 is 0 Å². The summed E-state index contributed by atoms with van der Waals surface area (Å²) in [5.41, 5.74) is 16.7. The number of hydrogen-bond donors (Lipinski definition) is 0. The van der Waals surface area contributed by atoms with E-state index in [0.29, 0.717) is 0 Å². The molecule has 1 aliphatic rings. The number of fused-ring (bicyclic) bond motifs is 7. The van der Waals surface area contributed by atoms with Crippen LogP contribution in [-0.4, -0.2) is 0 Å². The quantitative estimate of drug-likeness (QED) is 0.168. The Morgan fingerprint density at radius 2 is 0.966 bits per heavy atom. The molecule has 0 unspecified atom stereocenters. The van der Waals surface area contributed by atoms with Gasteiger partial charge in [-0.1, -0.05) is 187 Å². The molecule has 0 aliphatic heterocycles. The van der Waals surface area contributed by atoms with Gasteiger partial charge in [-0.05, 0) is 109 Å². The van der Waals surface area contributed by atoms with Gasteiger partial charge in [0.2, 0.25) is 0 Å². The van der Waals surface area contributed by atoms with Crippen molar-refractivity contribution in [3.63, 3.8) is 0 Å². The zero-order valence-electron chi connectivity index (χ0n) is 34.8. The third kappa shape index (κ3) is 5.92. The monoisotopic (exact) mass is 763 g/mol. The van der Waals surface area contributed by atoms with Crippen LogP contribution < -0.4 is 4.90 Å². The molecule has 2 heteroatoms. The summed E-state index contributed by atoms with van der Waals surface area (Å²) in [7, 11) is 0. The van der Waals surface area contributed by atoms with Gasteiger partial charge in [-0.3, -0.25) is 0 Å². The van der Waals surface area contributed by atoms with Gasteiger partial charge >= 0.3 is 0 Å². The molecule has 59 heavy (non-hydrogen) atoms. The van der Waals surface area contributed by atoms with Gasteiger partial charge in [-0.15, -0.1) is 0 Å². The molecule has 0 atom stereocenters. The summed E-state index contributed by atoms with van der Waals surface area (Å²) in [6.07, 6.45) is 0. The van der Waals surface area contributed by atoms with Crippen molar-refractivity contribution in [2.24, 2.45) is 0 Å². The van der Waals surface area contributed by atoms with E-state index in [1.807, 2.05) is 0 Å². The molecule has 0 saturated heterocycles. The van der Waals surface area contributed by atoms with Crippen LogP contribution in [0.15, 0.2) is 192 Å². The van der Waals surface area contributed by atoms with Crippen LogP contribution in [0.3, 0.4) is 0 Å². The van der Waals surface area contributed by atoms with Crippen molar-refractivity contribution >= 4 is 39.0 Å². The summed E-state index contributed by atoms with van der Waals surface area (Å²) < 4.78 is 7.30. The third-order valence-electron chi connectivity index (χ3n) is 12.5. The van der Waals surface area contributed by atoms with E-state index in [4.69, 9.17) is 4.42 Å². The second kappa shape index (κ2) is 13.7. The van der Waals surface area contributed by atoms with E-state index in [1.54, 1.807) is 0 Å². The molecule has 2 nitrogen and oxygen atoms in total. The summed E-state index contributed by atoms with van der Waals surface area (Å²) in [4.78, 5) is 2.42. The van der Waals surface area contributed by atoms with Crippen molar-refractivity contribution in [2.45, 2.75) is 57.8 Å². The average molecular weight is 764 g/mol. The number of furan rings is 1. The topological polar surface area (TPSA) is 16.4 Å². The zero-order chi connectivity index (χ0) is 40.5. The maximum atomic E-state index is 7.30. The second-order valence-electron chi connectivity index (χ2n) is 18.2. The predicted octanol–water partition coefficient (Wildman–Crippen LogP) is 15.7. The largest absolute Gasteiger partial charge is 0.454 e. The van der Waals surface area contributed by atoms with Crippen LogP contribution in [0, 0.1) is 0 Å². The van der Waals surface area contributed by atoms with Gasteiger partial charge in [0, 0.05) is 22.1 Å². The smallest absolute Gasteiger partial charge is 0.160 e. The van der Waals surface area contributed by atoms with Gasteiger partial charge in [-0.25, -0.2) is 0 Å². The van der Waals surface area contributed by atoms with E-state index in [9.17, 15) is 0 Å². The van der Waals surface area contributed by atoms with E-state index in [2.05, 4.69) is 234 Å². The molecule has 0 N–H and O–H groups in total. The molecule has 0 spiro atoms. The Labute approximate surface area is 348 Å². The van der Waals surface area contributed by atoms with Crippen molar-refractivity contribution in [1.29, 1.82) is 0 Å². The van der Waals surface area contributed by atoms with E-state index >= 15 is 0 Å². The highest BCUT2D eigenvalue weighted by Crippen LogP contribution is 2.61. The summed E-state index contributed by atoms with van der Waals surface area (Å²) in [6, 6.07) is 69.3. The highest BCUT2D eigenvalue weighted by Gasteiger charge is 2.48. The molecule has 0 radical (unpaired) electrons. The average Bonchev–Trinajstić information content (AvgIpc) is 3.78. The molecule has 288 valence electrons. The van der Waals surface area contributed by atoms with Gasteiger partial charge in [0.1, 0.15) is 5.58 Å². The fraction of sp³-hybridized carbons (Fsp3) is 0.158. The lowest BCUT2D eigenvalue weighted by molar-refractivity contribution is 0.590. The fourth-order valence-electron chi connectivity index (χ4n) is 9.47. The number of hydrogen-bond acceptors (Lipinski definition) is 2. The second-order valence-corrected chi connectivity index (χ2v) is 18.2. The van der Waals surface area contributed by atoms with E-state index in [0.717, 1.165) is 50.1 Å². The van der Waals surface area contributed by atoms with Crippen molar-refractivity contribution < 1.29 is 4.42 Å². The Morgan fingerprint density at radius 3 is 1.51 bits per heavy atom. The maximum absolute atomic E-state index is 7.30. The molecule has 0 bridgehead atoms. The lowest BCUT2D eigenvalue weighted by atomic mass is 9.67. The molecule has 1 aromatic heterocycles.